The fourth-order valence-electron chi connectivity index (χ4n) is 1.50. The summed E-state index contributed by atoms with van der Waals surface area (Å²) in [5, 5.41) is 19.8. The lowest BCUT2D eigenvalue weighted by Gasteiger charge is -2.04. The second-order valence-electron chi connectivity index (χ2n) is 3.66. The van der Waals surface area contributed by atoms with Gasteiger partial charge in [0.15, 0.2) is 0 Å². The summed E-state index contributed by atoms with van der Waals surface area (Å²) < 4.78 is 0. The lowest BCUT2D eigenvalue weighted by atomic mass is 10.1. The van der Waals surface area contributed by atoms with Gasteiger partial charge in [0.1, 0.15) is 0 Å². The Bertz CT molecular complexity index is 655. The molecule has 0 unspecified atom stereocenters. The Balaban J connectivity index is 2.48. The number of non-ortho nitro benzene ring substituents is 1. The van der Waals surface area contributed by atoms with Crippen molar-refractivity contribution in [3.8, 4) is 11.3 Å². The summed E-state index contributed by atoms with van der Waals surface area (Å²) in [6.45, 7) is 0. The van der Waals surface area contributed by atoms with Crippen LogP contribution in [0.3, 0.4) is 0 Å². The highest BCUT2D eigenvalue weighted by molar-refractivity contribution is 6.33. The zero-order valence-corrected chi connectivity index (χ0v) is 10.2. The van der Waals surface area contributed by atoms with Gasteiger partial charge < -0.3 is 5.11 Å². The molecule has 0 amide bonds. The molecule has 1 aromatic carbocycles. The van der Waals surface area contributed by atoms with Crippen LogP contribution in [0, 0.1) is 10.1 Å². The molecule has 6 nitrogen and oxygen atoms in total. The summed E-state index contributed by atoms with van der Waals surface area (Å²) in [6.07, 6.45) is 1.17. The van der Waals surface area contributed by atoms with Gasteiger partial charge in [-0.25, -0.2) is 4.79 Å². The topological polar surface area (TPSA) is 93.3 Å². The number of rotatable bonds is 3. The summed E-state index contributed by atoms with van der Waals surface area (Å²) in [5.74, 6) is -1.09. The highest BCUT2D eigenvalue weighted by atomic mass is 35.5. The second-order valence-corrected chi connectivity index (χ2v) is 4.07. The van der Waals surface area contributed by atoms with E-state index in [0.29, 0.717) is 16.3 Å². The van der Waals surface area contributed by atoms with E-state index in [1.165, 1.54) is 36.5 Å². The highest BCUT2D eigenvalue weighted by Crippen LogP contribution is 2.30. The Labute approximate surface area is 112 Å². The molecule has 0 radical (unpaired) electrons. The van der Waals surface area contributed by atoms with Gasteiger partial charge in [-0.05, 0) is 18.2 Å². The average Bonchev–Trinajstić information content (AvgIpc) is 2.39. The van der Waals surface area contributed by atoms with E-state index in [2.05, 4.69) is 4.98 Å². The normalized spacial score (nSPS) is 10.2. The zero-order valence-electron chi connectivity index (χ0n) is 9.41. The molecule has 0 spiro atoms. The first-order chi connectivity index (χ1) is 8.99. The summed E-state index contributed by atoms with van der Waals surface area (Å²) in [4.78, 5) is 24.8. The number of aromatic nitrogens is 1. The number of nitro groups is 1. The van der Waals surface area contributed by atoms with E-state index >= 15 is 0 Å². The van der Waals surface area contributed by atoms with Crippen LogP contribution < -0.4 is 0 Å². The molecular formula is C12H7ClN2O4. The predicted molar refractivity (Wildman–Crippen MR) is 68.3 cm³/mol. The van der Waals surface area contributed by atoms with Gasteiger partial charge in [0, 0.05) is 23.9 Å². The molecule has 0 aliphatic heterocycles. The van der Waals surface area contributed by atoms with Crippen molar-refractivity contribution < 1.29 is 14.8 Å². The maximum absolute atomic E-state index is 10.7. The average molecular weight is 279 g/mol. The molecule has 96 valence electrons. The van der Waals surface area contributed by atoms with E-state index in [1.807, 2.05) is 0 Å². The van der Waals surface area contributed by atoms with E-state index in [4.69, 9.17) is 16.7 Å². The van der Waals surface area contributed by atoms with Crippen molar-refractivity contribution in [1.29, 1.82) is 0 Å². The molecule has 0 fully saturated rings. The molecule has 1 heterocycles. The maximum atomic E-state index is 10.7. The molecule has 0 saturated heterocycles. The first-order valence-corrected chi connectivity index (χ1v) is 5.50. The van der Waals surface area contributed by atoms with Gasteiger partial charge in [-0.2, -0.15) is 0 Å². The van der Waals surface area contributed by atoms with Gasteiger partial charge in [-0.3, -0.25) is 15.1 Å². The fraction of sp³-hybridized carbons (Fsp3) is 0. The molecule has 2 rings (SSSR count). The second kappa shape index (κ2) is 5.03. The number of carboxylic acids is 1. The minimum Gasteiger partial charge on any atom is -0.478 e. The number of hydrogen-bond donors (Lipinski definition) is 1. The number of hydrogen-bond acceptors (Lipinski definition) is 4. The number of benzene rings is 1. The standard InChI is InChI=1S/C12H7ClN2O4/c13-10-3-2-8(15(18)19)5-9(10)11-4-1-7(6-14-11)12(16)17/h1-6H,(H,16,17). The Kier molecular flexibility index (Phi) is 3.43. The number of carbonyl (C=O) groups is 1. The van der Waals surface area contributed by atoms with Crippen LogP contribution in [0.4, 0.5) is 5.69 Å². The largest absolute Gasteiger partial charge is 0.478 e. The summed E-state index contributed by atoms with van der Waals surface area (Å²) >= 11 is 5.96. The highest BCUT2D eigenvalue weighted by Gasteiger charge is 2.13. The first-order valence-electron chi connectivity index (χ1n) is 5.12. The van der Waals surface area contributed by atoms with E-state index in [-0.39, 0.29) is 11.3 Å². The van der Waals surface area contributed by atoms with E-state index in [0.717, 1.165) is 0 Å². The van der Waals surface area contributed by atoms with Gasteiger partial charge >= 0.3 is 5.97 Å². The van der Waals surface area contributed by atoms with Crippen molar-refractivity contribution in [1.82, 2.24) is 4.98 Å². The smallest absolute Gasteiger partial charge is 0.337 e. The van der Waals surface area contributed by atoms with Crippen LogP contribution in [0.5, 0.6) is 0 Å². The van der Waals surface area contributed by atoms with E-state index in [1.54, 1.807) is 0 Å². The van der Waals surface area contributed by atoms with Crippen LogP contribution in [0.1, 0.15) is 10.4 Å². The fourth-order valence-corrected chi connectivity index (χ4v) is 1.72. The quantitative estimate of drug-likeness (QED) is 0.688. The third-order valence-corrected chi connectivity index (χ3v) is 2.78. The number of carboxylic acid groups (broad SMARTS) is 1. The van der Waals surface area contributed by atoms with Crippen LogP contribution in [0.25, 0.3) is 11.3 Å². The Morgan fingerprint density at radius 1 is 1.32 bits per heavy atom. The number of halogens is 1. The summed E-state index contributed by atoms with van der Waals surface area (Å²) in [7, 11) is 0. The molecule has 7 heteroatoms. The van der Waals surface area contributed by atoms with Gasteiger partial charge in [-0.15, -0.1) is 0 Å². The number of nitro benzene ring substituents is 1. The Morgan fingerprint density at radius 3 is 2.58 bits per heavy atom. The minimum atomic E-state index is -1.09. The molecule has 0 bridgehead atoms. The van der Waals surface area contributed by atoms with Gasteiger partial charge in [0.25, 0.3) is 5.69 Å². The lowest BCUT2D eigenvalue weighted by Crippen LogP contribution is -1.97. The van der Waals surface area contributed by atoms with Crippen LogP contribution in [-0.2, 0) is 0 Å². The van der Waals surface area contributed by atoms with Crippen molar-refractivity contribution >= 4 is 23.3 Å². The monoisotopic (exact) mass is 278 g/mol. The van der Waals surface area contributed by atoms with Crippen molar-refractivity contribution in [2.75, 3.05) is 0 Å². The van der Waals surface area contributed by atoms with E-state index < -0.39 is 10.9 Å². The molecule has 0 aliphatic carbocycles. The molecule has 1 aromatic heterocycles. The van der Waals surface area contributed by atoms with Gasteiger partial charge in [0.2, 0.25) is 0 Å². The van der Waals surface area contributed by atoms with Crippen LogP contribution in [0.2, 0.25) is 5.02 Å². The van der Waals surface area contributed by atoms with Gasteiger partial charge in [0.05, 0.1) is 21.2 Å². The van der Waals surface area contributed by atoms with Crippen molar-refractivity contribution in [3.63, 3.8) is 0 Å². The molecule has 0 aliphatic rings. The molecule has 19 heavy (non-hydrogen) atoms. The number of nitrogens with zero attached hydrogens (tertiary/aromatic N) is 2. The Morgan fingerprint density at radius 2 is 2.05 bits per heavy atom. The van der Waals surface area contributed by atoms with Crippen LogP contribution in [-0.4, -0.2) is 21.0 Å². The molecule has 0 atom stereocenters. The third kappa shape index (κ3) is 2.69. The van der Waals surface area contributed by atoms with Crippen molar-refractivity contribution in [2.45, 2.75) is 0 Å². The van der Waals surface area contributed by atoms with Crippen LogP contribution >= 0.6 is 11.6 Å². The number of aromatic carboxylic acids is 1. The predicted octanol–water partition coefficient (Wildman–Crippen LogP) is 3.01. The first kappa shape index (κ1) is 13.0. The van der Waals surface area contributed by atoms with E-state index in [9.17, 15) is 14.9 Å². The summed E-state index contributed by atoms with van der Waals surface area (Å²) in [5.41, 5.74) is 0.681. The minimum absolute atomic E-state index is 0.0327. The number of pyridine rings is 1. The van der Waals surface area contributed by atoms with Crippen molar-refractivity contribution in [3.05, 3.63) is 57.2 Å². The third-order valence-electron chi connectivity index (χ3n) is 2.45. The Hall–Kier alpha value is -2.47. The van der Waals surface area contributed by atoms with Crippen molar-refractivity contribution in [2.24, 2.45) is 0 Å². The van der Waals surface area contributed by atoms with Crippen LogP contribution in [0.15, 0.2) is 36.5 Å². The molecular weight excluding hydrogens is 272 g/mol. The SMILES string of the molecule is O=C(O)c1ccc(-c2cc([N+](=O)[O-])ccc2Cl)nc1. The molecule has 2 aromatic rings. The molecule has 0 saturated carbocycles. The zero-order chi connectivity index (χ0) is 14.0. The van der Waals surface area contributed by atoms with Gasteiger partial charge in [-0.1, -0.05) is 11.6 Å². The summed E-state index contributed by atoms with van der Waals surface area (Å²) in [6, 6.07) is 6.80. The maximum Gasteiger partial charge on any atom is 0.337 e. The molecule has 1 N–H and O–H groups in total. The lowest BCUT2D eigenvalue weighted by molar-refractivity contribution is -0.384.